The van der Waals surface area contributed by atoms with Crippen molar-refractivity contribution < 1.29 is 0 Å². The summed E-state index contributed by atoms with van der Waals surface area (Å²) < 4.78 is 2.01. The molecule has 3 aromatic rings. The molecule has 0 radical (unpaired) electrons. The number of nitrogens with zero attached hydrogens (tertiary/aromatic N) is 5. The van der Waals surface area contributed by atoms with Gasteiger partial charge >= 0.3 is 0 Å². The monoisotopic (exact) mass is 308 g/mol. The molecule has 0 atom stereocenters. The zero-order chi connectivity index (χ0) is 15.8. The molecule has 118 valence electrons. The Morgan fingerprint density at radius 2 is 2.04 bits per heavy atom. The first-order valence-electron chi connectivity index (χ1n) is 8.20. The summed E-state index contributed by atoms with van der Waals surface area (Å²) in [7, 11) is 0. The van der Waals surface area contributed by atoms with E-state index in [0.717, 1.165) is 29.0 Å². The average molecular weight is 308 g/mol. The van der Waals surface area contributed by atoms with Gasteiger partial charge in [0.05, 0.1) is 17.3 Å². The third-order valence-electron chi connectivity index (χ3n) is 4.72. The van der Waals surface area contributed by atoms with Gasteiger partial charge < -0.3 is 5.73 Å². The quantitative estimate of drug-likeness (QED) is 0.804. The van der Waals surface area contributed by atoms with Crippen LogP contribution < -0.4 is 5.73 Å². The third-order valence-corrected chi connectivity index (χ3v) is 4.72. The first kappa shape index (κ1) is 14.1. The van der Waals surface area contributed by atoms with Crippen molar-refractivity contribution in [2.24, 2.45) is 0 Å². The summed E-state index contributed by atoms with van der Waals surface area (Å²) in [6.07, 6.45) is 13.0. The van der Waals surface area contributed by atoms with E-state index in [1.807, 2.05) is 4.57 Å². The Morgan fingerprint density at radius 1 is 1.22 bits per heavy atom. The highest BCUT2D eigenvalue weighted by molar-refractivity contribution is 5.91. The molecule has 4 rings (SSSR count). The van der Waals surface area contributed by atoms with Crippen molar-refractivity contribution in [1.82, 2.24) is 24.5 Å². The molecular weight excluding hydrogens is 288 g/mol. The second kappa shape index (κ2) is 5.61. The number of nitrogens with two attached hydrogens (primary N) is 1. The lowest BCUT2D eigenvalue weighted by molar-refractivity contribution is 0.726. The first-order valence-corrected chi connectivity index (χ1v) is 8.20. The van der Waals surface area contributed by atoms with Crippen LogP contribution in [0.1, 0.15) is 49.8 Å². The highest BCUT2D eigenvalue weighted by Crippen LogP contribution is 2.40. The molecule has 0 spiro atoms. The summed E-state index contributed by atoms with van der Waals surface area (Å²) >= 11 is 0. The number of aryl methyl sites for hydroxylation is 1. The molecule has 3 aromatic heterocycles. The fourth-order valence-electron chi connectivity index (χ4n) is 3.52. The molecule has 0 aliphatic heterocycles. The van der Waals surface area contributed by atoms with E-state index in [1.54, 1.807) is 12.4 Å². The number of nitrogen functional groups attached to an aromatic ring is 1. The predicted octanol–water partition coefficient (Wildman–Crippen LogP) is 3.01. The molecule has 3 heterocycles. The van der Waals surface area contributed by atoms with Crippen LogP contribution in [0.4, 0.5) is 5.82 Å². The summed E-state index contributed by atoms with van der Waals surface area (Å²) in [5.41, 5.74) is 9.21. The van der Waals surface area contributed by atoms with Gasteiger partial charge in [0.25, 0.3) is 0 Å². The van der Waals surface area contributed by atoms with Gasteiger partial charge in [-0.2, -0.15) is 0 Å². The normalized spacial score (nSPS) is 15.5. The van der Waals surface area contributed by atoms with Crippen LogP contribution in [0.5, 0.6) is 0 Å². The van der Waals surface area contributed by atoms with Crippen molar-refractivity contribution in [3.05, 3.63) is 36.2 Å². The molecule has 0 aromatic carbocycles. The van der Waals surface area contributed by atoms with Gasteiger partial charge in [-0.3, -0.25) is 9.55 Å². The molecule has 1 aliphatic rings. The average Bonchev–Trinajstić information content (AvgIpc) is 3.23. The van der Waals surface area contributed by atoms with Crippen molar-refractivity contribution in [3.63, 3.8) is 0 Å². The number of aromatic nitrogens is 5. The molecule has 6 heteroatoms. The minimum atomic E-state index is 0.536. The van der Waals surface area contributed by atoms with Crippen LogP contribution >= 0.6 is 0 Å². The number of hydrogen-bond acceptors (Lipinski definition) is 5. The van der Waals surface area contributed by atoms with E-state index in [0.29, 0.717) is 11.7 Å². The zero-order valence-corrected chi connectivity index (χ0v) is 13.2. The lowest BCUT2D eigenvalue weighted by Crippen LogP contribution is -2.01. The van der Waals surface area contributed by atoms with Gasteiger partial charge in [0.15, 0.2) is 11.5 Å². The number of rotatable bonds is 3. The Morgan fingerprint density at radius 3 is 2.83 bits per heavy atom. The van der Waals surface area contributed by atoms with E-state index >= 15 is 0 Å². The summed E-state index contributed by atoms with van der Waals surface area (Å²) in [5, 5.41) is 0.975. The van der Waals surface area contributed by atoms with Gasteiger partial charge in [-0.1, -0.05) is 19.8 Å². The van der Waals surface area contributed by atoms with E-state index < -0.39 is 0 Å². The first-order chi connectivity index (χ1) is 11.3. The van der Waals surface area contributed by atoms with E-state index in [-0.39, 0.29) is 0 Å². The Hall–Kier alpha value is -2.50. The second-order valence-electron chi connectivity index (χ2n) is 6.12. The van der Waals surface area contributed by atoms with Crippen molar-refractivity contribution in [2.45, 2.75) is 44.9 Å². The van der Waals surface area contributed by atoms with Crippen molar-refractivity contribution in [1.29, 1.82) is 0 Å². The van der Waals surface area contributed by atoms with Gasteiger partial charge in [0.1, 0.15) is 12.1 Å². The topological polar surface area (TPSA) is 82.5 Å². The summed E-state index contributed by atoms with van der Waals surface area (Å²) in [6.45, 7) is 2.08. The molecule has 1 fully saturated rings. The molecule has 1 saturated carbocycles. The van der Waals surface area contributed by atoms with Gasteiger partial charge in [0.2, 0.25) is 0 Å². The Balaban J connectivity index is 1.94. The predicted molar refractivity (Wildman–Crippen MR) is 89.5 cm³/mol. The molecule has 0 bridgehead atoms. The lowest BCUT2D eigenvalue weighted by atomic mass is 9.98. The van der Waals surface area contributed by atoms with Crippen molar-refractivity contribution in [2.75, 3.05) is 5.73 Å². The Kier molecular flexibility index (Phi) is 3.44. The fourth-order valence-corrected chi connectivity index (χ4v) is 3.52. The zero-order valence-electron chi connectivity index (χ0n) is 13.2. The molecule has 2 N–H and O–H groups in total. The minimum Gasteiger partial charge on any atom is -0.383 e. The van der Waals surface area contributed by atoms with E-state index in [9.17, 15) is 0 Å². The van der Waals surface area contributed by atoms with Crippen LogP contribution in [0, 0.1) is 0 Å². The smallest absolute Gasteiger partial charge is 0.157 e. The molecule has 23 heavy (non-hydrogen) atoms. The molecule has 0 saturated heterocycles. The highest BCUT2D eigenvalue weighted by Gasteiger charge is 2.24. The van der Waals surface area contributed by atoms with Crippen LogP contribution in [0.15, 0.2) is 24.9 Å². The highest BCUT2D eigenvalue weighted by atomic mass is 15.1. The fraction of sp³-hybridized carbons (Fsp3) is 0.412. The van der Waals surface area contributed by atoms with Crippen molar-refractivity contribution >= 4 is 16.9 Å². The Bertz CT molecular complexity index is 847. The minimum absolute atomic E-state index is 0.536. The maximum absolute atomic E-state index is 6.17. The number of hydrogen-bond donors (Lipinski definition) is 1. The summed E-state index contributed by atoms with van der Waals surface area (Å²) in [6, 6.07) is 0. The largest absolute Gasteiger partial charge is 0.383 e. The van der Waals surface area contributed by atoms with Crippen LogP contribution in [0.3, 0.4) is 0 Å². The lowest BCUT2D eigenvalue weighted by Gasteiger charge is -2.07. The Labute approximate surface area is 134 Å². The summed E-state index contributed by atoms with van der Waals surface area (Å²) in [4.78, 5) is 17.7. The summed E-state index contributed by atoms with van der Waals surface area (Å²) in [5.74, 6) is 1.88. The molecule has 1 aliphatic carbocycles. The molecular formula is C17H20N6. The van der Waals surface area contributed by atoms with Gasteiger partial charge in [-0.15, -0.1) is 0 Å². The SMILES string of the molecule is CCc1cncc(-n2cc(C3CCCC3)c3c(N)ncnc32)n1. The number of fused-ring (bicyclic) bond motifs is 1. The van der Waals surface area contributed by atoms with E-state index in [2.05, 4.69) is 33.1 Å². The molecule has 0 amide bonds. The standard InChI is InChI=1S/C17H20N6/c1-2-12-7-19-8-14(22-12)23-9-13(11-5-3-4-6-11)15-16(18)20-10-21-17(15)23/h7-11H,2-6H2,1H3,(H2,18,20,21). The number of anilines is 1. The van der Waals surface area contributed by atoms with E-state index in [4.69, 9.17) is 5.73 Å². The van der Waals surface area contributed by atoms with Gasteiger partial charge in [-0.25, -0.2) is 15.0 Å². The van der Waals surface area contributed by atoms with Crippen LogP contribution in [0.2, 0.25) is 0 Å². The maximum atomic E-state index is 6.17. The van der Waals surface area contributed by atoms with Crippen LogP contribution in [-0.4, -0.2) is 24.5 Å². The van der Waals surface area contributed by atoms with Gasteiger partial charge in [0, 0.05) is 12.4 Å². The van der Waals surface area contributed by atoms with Crippen LogP contribution in [-0.2, 0) is 6.42 Å². The van der Waals surface area contributed by atoms with Crippen molar-refractivity contribution in [3.8, 4) is 5.82 Å². The third kappa shape index (κ3) is 2.34. The van der Waals surface area contributed by atoms with Crippen LogP contribution in [0.25, 0.3) is 16.9 Å². The van der Waals surface area contributed by atoms with E-state index in [1.165, 1.54) is 37.6 Å². The second-order valence-corrected chi connectivity index (χ2v) is 6.12. The maximum Gasteiger partial charge on any atom is 0.157 e. The molecule has 0 unspecified atom stereocenters. The van der Waals surface area contributed by atoms with Gasteiger partial charge in [-0.05, 0) is 30.7 Å². The molecule has 6 nitrogen and oxygen atoms in total.